The lowest BCUT2D eigenvalue weighted by Gasteiger charge is -2.12. The molecule has 2 rings (SSSR count). The number of hydrogen-bond acceptors (Lipinski definition) is 4. The minimum atomic E-state index is 0.600. The van der Waals surface area contributed by atoms with Gasteiger partial charge in [-0.3, -0.25) is 0 Å². The second kappa shape index (κ2) is 3.68. The molecule has 15 heavy (non-hydrogen) atoms. The van der Waals surface area contributed by atoms with Crippen LogP contribution in [0.1, 0.15) is 24.7 Å². The van der Waals surface area contributed by atoms with Crippen LogP contribution in [-0.4, -0.2) is 23.1 Å². The number of anilines is 2. The molecule has 1 aliphatic rings. The van der Waals surface area contributed by atoms with Gasteiger partial charge in [0, 0.05) is 18.7 Å². The molecule has 0 amide bonds. The standard InChI is InChI=1S/C11H18N4/c1-6-5-9(6)15-11-7(2)10(12-4)13-8(3)14-11/h6,9H,5H2,1-4H3,(H2,12,13,14,15). The summed E-state index contributed by atoms with van der Waals surface area (Å²) >= 11 is 0. The Morgan fingerprint density at radius 2 is 1.80 bits per heavy atom. The van der Waals surface area contributed by atoms with Gasteiger partial charge in [0.1, 0.15) is 17.5 Å². The van der Waals surface area contributed by atoms with Crippen molar-refractivity contribution in [2.75, 3.05) is 17.7 Å². The lowest BCUT2D eigenvalue weighted by atomic mass is 10.3. The number of aromatic nitrogens is 2. The van der Waals surface area contributed by atoms with Gasteiger partial charge < -0.3 is 10.6 Å². The largest absolute Gasteiger partial charge is 0.373 e. The van der Waals surface area contributed by atoms with Crippen molar-refractivity contribution in [2.24, 2.45) is 5.92 Å². The predicted molar refractivity (Wildman–Crippen MR) is 62.2 cm³/mol. The van der Waals surface area contributed by atoms with E-state index in [0.29, 0.717) is 6.04 Å². The molecule has 1 heterocycles. The zero-order chi connectivity index (χ0) is 11.0. The average Bonchev–Trinajstić information content (AvgIpc) is 2.87. The van der Waals surface area contributed by atoms with Crippen LogP contribution >= 0.6 is 0 Å². The zero-order valence-electron chi connectivity index (χ0n) is 9.76. The first-order chi connectivity index (χ1) is 7.11. The number of rotatable bonds is 3. The molecule has 1 aromatic rings. The summed E-state index contributed by atoms with van der Waals surface area (Å²) < 4.78 is 0. The number of nitrogens with zero attached hydrogens (tertiary/aromatic N) is 2. The SMILES string of the molecule is CNc1nc(C)nc(NC2CC2C)c1C. The zero-order valence-corrected chi connectivity index (χ0v) is 9.76. The Labute approximate surface area is 90.5 Å². The number of aryl methyl sites for hydroxylation is 1. The van der Waals surface area contributed by atoms with Crippen LogP contribution in [0.25, 0.3) is 0 Å². The lowest BCUT2D eigenvalue weighted by molar-refractivity contribution is 0.913. The highest BCUT2D eigenvalue weighted by Gasteiger charge is 2.33. The van der Waals surface area contributed by atoms with Crippen molar-refractivity contribution >= 4 is 11.6 Å². The third-order valence-corrected chi connectivity index (χ3v) is 2.93. The smallest absolute Gasteiger partial charge is 0.134 e. The topological polar surface area (TPSA) is 49.8 Å². The molecule has 0 aliphatic heterocycles. The van der Waals surface area contributed by atoms with Crippen LogP contribution < -0.4 is 10.6 Å². The van der Waals surface area contributed by atoms with Gasteiger partial charge in [0.05, 0.1) is 0 Å². The fourth-order valence-electron chi connectivity index (χ4n) is 1.71. The van der Waals surface area contributed by atoms with E-state index in [1.54, 1.807) is 0 Å². The molecule has 4 heteroatoms. The Morgan fingerprint density at radius 3 is 2.33 bits per heavy atom. The van der Waals surface area contributed by atoms with E-state index < -0.39 is 0 Å². The third-order valence-electron chi connectivity index (χ3n) is 2.93. The molecular weight excluding hydrogens is 188 g/mol. The van der Waals surface area contributed by atoms with Crippen LogP contribution in [-0.2, 0) is 0 Å². The molecule has 0 aromatic carbocycles. The summed E-state index contributed by atoms with van der Waals surface area (Å²) in [5.41, 5.74) is 1.10. The maximum atomic E-state index is 4.43. The predicted octanol–water partition coefficient (Wildman–Crippen LogP) is 1.96. The quantitative estimate of drug-likeness (QED) is 0.793. The summed E-state index contributed by atoms with van der Waals surface area (Å²) in [4.78, 5) is 8.77. The van der Waals surface area contributed by atoms with E-state index in [9.17, 15) is 0 Å². The molecule has 2 atom stereocenters. The fraction of sp³-hybridized carbons (Fsp3) is 0.636. The molecule has 1 fully saturated rings. The molecule has 0 bridgehead atoms. The van der Waals surface area contributed by atoms with Crippen molar-refractivity contribution in [3.05, 3.63) is 11.4 Å². The second-order valence-corrected chi connectivity index (χ2v) is 4.31. The van der Waals surface area contributed by atoms with E-state index in [1.807, 2.05) is 20.9 Å². The fourth-order valence-corrected chi connectivity index (χ4v) is 1.71. The van der Waals surface area contributed by atoms with Gasteiger partial charge in [0.25, 0.3) is 0 Å². The summed E-state index contributed by atoms with van der Waals surface area (Å²) in [5.74, 6) is 3.47. The maximum absolute atomic E-state index is 4.43. The van der Waals surface area contributed by atoms with Gasteiger partial charge >= 0.3 is 0 Å². The van der Waals surface area contributed by atoms with Crippen LogP contribution in [0.5, 0.6) is 0 Å². The second-order valence-electron chi connectivity index (χ2n) is 4.31. The molecule has 0 radical (unpaired) electrons. The Morgan fingerprint density at radius 1 is 1.20 bits per heavy atom. The minimum Gasteiger partial charge on any atom is -0.373 e. The van der Waals surface area contributed by atoms with Gasteiger partial charge in [0.15, 0.2) is 0 Å². The van der Waals surface area contributed by atoms with Crippen molar-refractivity contribution in [3.8, 4) is 0 Å². The van der Waals surface area contributed by atoms with Crippen LogP contribution in [0.15, 0.2) is 0 Å². The molecule has 0 saturated heterocycles. The Bertz CT molecular complexity index is 375. The van der Waals surface area contributed by atoms with Gasteiger partial charge in [-0.05, 0) is 26.2 Å². The minimum absolute atomic E-state index is 0.600. The van der Waals surface area contributed by atoms with Gasteiger partial charge in [0.2, 0.25) is 0 Å². The Kier molecular flexibility index (Phi) is 2.50. The van der Waals surface area contributed by atoms with Crippen LogP contribution in [0.2, 0.25) is 0 Å². The monoisotopic (exact) mass is 206 g/mol. The molecule has 2 unspecified atom stereocenters. The first kappa shape index (κ1) is 10.2. The number of hydrogen-bond donors (Lipinski definition) is 2. The summed E-state index contributed by atoms with van der Waals surface area (Å²) in [6, 6.07) is 0.600. The van der Waals surface area contributed by atoms with Crippen LogP contribution in [0, 0.1) is 19.8 Å². The highest BCUT2D eigenvalue weighted by Crippen LogP contribution is 2.33. The van der Waals surface area contributed by atoms with E-state index in [-0.39, 0.29) is 0 Å². The molecule has 0 spiro atoms. The first-order valence-electron chi connectivity index (χ1n) is 5.41. The van der Waals surface area contributed by atoms with E-state index >= 15 is 0 Å². The molecule has 1 aromatic heterocycles. The van der Waals surface area contributed by atoms with Crippen LogP contribution in [0.3, 0.4) is 0 Å². The number of nitrogens with one attached hydrogen (secondary N) is 2. The maximum Gasteiger partial charge on any atom is 0.134 e. The molecule has 82 valence electrons. The highest BCUT2D eigenvalue weighted by molar-refractivity contribution is 5.57. The molecule has 2 N–H and O–H groups in total. The molecule has 1 saturated carbocycles. The van der Waals surface area contributed by atoms with Gasteiger partial charge in [-0.1, -0.05) is 6.92 Å². The summed E-state index contributed by atoms with van der Waals surface area (Å²) in [6.45, 7) is 6.21. The third kappa shape index (κ3) is 2.03. The van der Waals surface area contributed by atoms with Crippen molar-refractivity contribution in [1.29, 1.82) is 0 Å². The first-order valence-corrected chi connectivity index (χ1v) is 5.41. The summed E-state index contributed by atoms with van der Waals surface area (Å²) in [6.07, 6.45) is 1.25. The summed E-state index contributed by atoms with van der Waals surface area (Å²) in [7, 11) is 1.89. The Balaban J connectivity index is 2.25. The van der Waals surface area contributed by atoms with E-state index in [1.165, 1.54) is 6.42 Å². The van der Waals surface area contributed by atoms with Gasteiger partial charge in [-0.25, -0.2) is 9.97 Å². The van der Waals surface area contributed by atoms with Crippen molar-refractivity contribution in [1.82, 2.24) is 9.97 Å². The average molecular weight is 206 g/mol. The van der Waals surface area contributed by atoms with Crippen LogP contribution in [0.4, 0.5) is 11.6 Å². The van der Waals surface area contributed by atoms with Crippen molar-refractivity contribution < 1.29 is 0 Å². The van der Waals surface area contributed by atoms with E-state index in [2.05, 4.69) is 27.5 Å². The van der Waals surface area contributed by atoms with Crippen molar-refractivity contribution in [3.63, 3.8) is 0 Å². The van der Waals surface area contributed by atoms with E-state index in [4.69, 9.17) is 0 Å². The van der Waals surface area contributed by atoms with Crippen molar-refractivity contribution in [2.45, 2.75) is 33.2 Å². The Hall–Kier alpha value is -1.32. The van der Waals surface area contributed by atoms with E-state index in [0.717, 1.165) is 28.9 Å². The highest BCUT2D eigenvalue weighted by atomic mass is 15.1. The molecule has 1 aliphatic carbocycles. The summed E-state index contributed by atoms with van der Waals surface area (Å²) in [5, 5.41) is 6.55. The molecular formula is C11H18N4. The molecule has 4 nitrogen and oxygen atoms in total. The van der Waals surface area contributed by atoms with Gasteiger partial charge in [-0.2, -0.15) is 0 Å². The lowest BCUT2D eigenvalue weighted by Crippen LogP contribution is -2.10. The normalized spacial score (nSPS) is 23.7. The van der Waals surface area contributed by atoms with Gasteiger partial charge in [-0.15, -0.1) is 0 Å².